The molecule has 0 saturated carbocycles. The van der Waals surface area contributed by atoms with Crippen molar-refractivity contribution in [2.24, 2.45) is 5.92 Å². The Hall–Kier alpha value is -1.07. The molecule has 18 heavy (non-hydrogen) atoms. The van der Waals surface area contributed by atoms with E-state index < -0.39 is 0 Å². The van der Waals surface area contributed by atoms with Gasteiger partial charge in [0.2, 0.25) is 5.78 Å². The average Bonchev–Trinajstić information content (AvgIpc) is 2.72. The number of rotatable bonds is 5. The first-order valence-electron chi connectivity index (χ1n) is 6.11. The van der Waals surface area contributed by atoms with Gasteiger partial charge in [0, 0.05) is 29.9 Å². The van der Waals surface area contributed by atoms with Crippen molar-refractivity contribution >= 4 is 17.5 Å². The van der Waals surface area contributed by atoms with Gasteiger partial charge in [0.15, 0.2) is 0 Å². The zero-order chi connectivity index (χ0) is 13.1. The lowest BCUT2D eigenvalue weighted by Crippen LogP contribution is -2.03. The maximum Gasteiger partial charge on any atom is 0.234 e. The molecule has 0 fully saturated rings. The zero-order valence-electron chi connectivity index (χ0n) is 11.1. The predicted octanol–water partition coefficient (Wildman–Crippen LogP) is 2.21. The fourth-order valence-electron chi connectivity index (χ4n) is 1.81. The molecular formula is C13H19N3OS. The number of aliphatic hydroxyl groups excluding tert-OH is 1. The summed E-state index contributed by atoms with van der Waals surface area (Å²) in [5, 5.41) is 8.97. The number of nitrogens with zero attached hydrogens (tertiary/aromatic N) is 3. The van der Waals surface area contributed by atoms with Gasteiger partial charge in [-0.1, -0.05) is 6.92 Å². The molecule has 5 heteroatoms. The highest BCUT2D eigenvalue weighted by Crippen LogP contribution is 2.16. The van der Waals surface area contributed by atoms with Crippen molar-refractivity contribution in [1.29, 1.82) is 0 Å². The zero-order valence-corrected chi connectivity index (χ0v) is 11.9. The topological polar surface area (TPSA) is 50.4 Å². The standard InChI is InChI=1S/C13H19N3OS/c1-9(6-17)7-18-8-12-5-16-11(3)4-10(2)14-13(16)15-12/h4-5,9,17H,6-8H2,1-3H3. The Kier molecular flexibility index (Phi) is 4.24. The summed E-state index contributed by atoms with van der Waals surface area (Å²) in [5.41, 5.74) is 3.20. The second kappa shape index (κ2) is 5.71. The van der Waals surface area contributed by atoms with Gasteiger partial charge in [-0.3, -0.25) is 4.40 Å². The van der Waals surface area contributed by atoms with Crippen molar-refractivity contribution in [1.82, 2.24) is 14.4 Å². The summed E-state index contributed by atoms with van der Waals surface area (Å²) in [4.78, 5) is 8.94. The molecule has 2 rings (SSSR count). The Morgan fingerprint density at radius 2 is 2.17 bits per heavy atom. The van der Waals surface area contributed by atoms with Crippen molar-refractivity contribution in [3.05, 3.63) is 29.3 Å². The first kappa shape index (κ1) is 13.4. The van der Waals surface area contributed by atoms with Crippen LogP contribution in [0.3, 0.4) is 0 Å². The van der Waals surface area contributed by atoms with Crippen LogP contribution >= 0.6 is 11.8 Å². The molecule has 2 aromatic rings. The minimum atomic E-state index is 0.248. The second-order valence-electron chi connectivity index (χ2n) is 4.74. The molecule has 1 unspecified atom stereocenters. The number of hydrogen-bond acceptors (Lipinski definition) is 4. The second-order valence-corrected chi connectivity index (χ2v) is 5.77. The average molecular weight is 265 g/mol. The van der Waals surface area contributed by atoms with Crippen LogP contribution in [-0.4, -0.2) is 31.8 Å². The van der Waals surface area contributed by atoms with Crippen molar-refractivity contribution in [2.45, 2.75) is 26.5 Å². The predicted molar refractivity (Wildman–Crippen MR) is 74.9 cm³/mol. The van der Waals surface area contributed by atoms with E-state index in [1.807, 2.05) is 24.4 Å². The maximum atomic E-state index is 8.97. The monoisotopic (exact) mass is 265 g/mol. The smallest absolute Gasteiger partial charge is 0.234 e. The molecule has 0 aliphatic rings. The van der Waals surface area contributed by atoms with E-state index in [1.165, 1.54) is 0 Å². The molecule has 4 nitrogen and oxygen atoms in total. The molecule has 2 heterocycles. The molecular weight excluding hydrogens is 246 g/mol. The Bertz CT molecular complexity index is 538. The number of hydrogen-bond donors (Lipinski definition) is 1. The van der Waals surface area contributed by atoms with E-state index >= 15 is 0 Å². The van der Waals surface area contributed by atoms with Gasteiger partial charge >= 0.3 is 0 Å². The van der Waals surface area contributed by atoms with Crippen LogP contribution < -0.4 is 0 Å². The number of aromatic nitrogens is 3. The van der Waals surface area contributed by atoms with Gasteiger partial charge in [0.05, 0.1) is 5.69 Å². The first-order chi connectivity index (χ1) is 8.60. The summed E-state index contributed by atoms with van der Waals surface area (Å²) < 4.78 is 2.03. The van der Waals surface area contributed by atoms with E-state index in [0.29, 0.717) is 5.92 Å². The van der Waals surface area contributed by atoms with Gasteiger partial charge in [-0.15, -0.1) is 0 Å². The highest BCUT2D eigenvalue weighted by Gasteiger charge is 2.07. The van der Waals surface area contributed by atoms with Gasteiger partial charge in [-0.05, 0) is 31.6 Å². The van der Waals surface area contributed by atoms with E-state index in [4.69, 9.17) is 5.11 Å². The highest BCUT2D eigenvalue weighted by atomic mass is 32.2. The van der Waals surface area contributed by atoms with Crippen molar-refractivity contribution in [3.8, 4) is 0 Å². The minimum Gasteiger partial charge on any atom is -0.396 e. The summed E-state index contributed by atoms with van der Waals surface area (Å²) in [5.74, 6) is 2.94. The van der Waals surface area contributed by atoms with Gasteiger partial charge in [-0.25, -0.2) is 9.97 Å². The van der Waals surface area contributed by atoms with Crippen molar-refractivity contribution in [2.75, 3.05) is 12.4 Å². The summed E-state index contributed by atoms with van der Waals surface area (Å²) in [6, 6.07) is 2.05. The molecule has 2 aromatic heterocycles. The van der Waals surface area contributed by atoms with E-state index in [2.05, 4.69) is 23.0 Å². The lowest BCUT2D eigenvalue weighted by Gasteiger charge is -2.05. The van der Waals surface area contributed by atoms with Crippen LogP contribution in [-0.2, 0) is 5.75 Å². The number of imidazole rings is 1. The number of aryl methyl sites for hydroxylation is 2. The lowest BCUT2D eigenvalue weighted by molar-refractivity contribution is 0.250. The fraction of sp³-hybridized carbons (Fsp3) is 0.538. The summed E-state index contributed by atoms with van der Waals surface area (Å²) >= 11 is 1.80. The van der Waals surface area contributed by atoms with Crippen LogP contribution in [0, 0.1) is 19.8 Å². The molecule has 0 aliphatic heterocycles. The van der Waals surface area contributed by atoms with Gasteiger partial charge in [0.1, 0.15) is 0 Å². The largest absolute Gasteiger partial charge is 0.396 e. The summed E-state index contributed by atoms with van der Waals surface area (Å²) in [6.45, 7) is 6.34. The van der Waals surface area contributed by atoms with E-state index in [-0.39, 0.29) is 6.61 Å². The van der Waals surface area contributed by atoms with Crippen LogP contribution in [0.15, 0.2) is 12.3 Å². The third kappa shape index (κ3) is 3.03. The Labute approximate surface area is 111 Å². The molecule has 0 bridgehead atoms. The first-order valence-corrected chi connectivity index (χ1v) is 7.26. The van der Waals surface area contributed by atoms with E-state index in [9.17, 15) is 0 Å². The van der Waals surface area contributed by atoms with Gasteiger partial charge in [0.25, 0.3) is 0 Å². The molecule has 0 saturated heterocycles. The quantitative estimate of drug-likeness (QED) is 0.900. The Balaban J connectivity index is 2.08. The molecule has 0 aromatic carbocycles. The third-order valence-electron chi connectivity index (χ3n) is 2.78. The van der Waals surface area contributed by atoms with E-state index in [1.54, 1.807) is 11.8 Å². The van der Waals surface area contributed by atoms with Crippen molar-refractivity contribution < 1.29 is 5.11 Å². The molecule has 0 spiro atoms. The van der Waals surface area contributed by atoms with Crippen LogP contribution in [0.4, 0.5) is 0 Å². The van der Waals surface area contributed by atoms with Crippen LogP contribution in [0.2, 0.25) is 0 Å². The Morgan fingerprint density at radius 3 is 2.89 bits per heavy atom. The lowest BCUT2D eigenvalue weighted by atomic mass is 10.2. The van der Waals surface area contributed by atoms with Crippen LogP contribution in [0.1, 0.15) is 24.0 Å². The SMILES string of the molecule is Cc1cc(C)n2cc(CSCC(C)CO)nc2n1. The van der Waals surface area contributed by atoms with E-state index in [0.717, 1.165) is 34.4 Å². The summed E-state index contributed by atoms with van der Waals surface area (Å²) in [7, 11) is 0. The van der Waals surface area contributed by atoms with Gasteiger partial charge in [-0.2, -0.15) is 11.8 Å². The molecule has 0 aliphatic carbocycles. The molecule has 0 amide bonds. The molecule has 1 atom stereocenters. The highest BCUT2D eigenvalue weighted by molar-refractivity contribution is 7.98. The Morgan fingerprint density at radius 1 is 1.39 bits per heavy atom. The summed E-state index contributed by atoms with van der Waals surface area (Å²) in [6.07, 6.45) is 2.05. The molecule has 98 valence electrons. The fourth-order valence-corrected chi connectivity index (χ4v) is 2.78. The number of aliphatic hydroxyl groups is 1. The van der Waals surface area contributed by atoms with Crippen LogP contribution in [0.25, 0.3) is 5.78 Å². The normalized spacial score (nSPS) is 13.1. The minimum absolute atomic E-state index is 0.248. The number of thioether (sulfide) groups is 1. The van der Waals surface area contributed by atoms with Gasteiger partial charge < -0.3 is 5.11 Å². The molecule has 1 N–H and O–H groups in total. The third-order valence-corrected chi connectivity index (χ3v) is 4.08. The number of fused-ring (bicyclic) bond motifs is 1. The molecule has 0 radical (unpaired) electrons. The maximum absolute atomic E-state index is 8.97. The van der Waals surface area contributed by atoms with Crippen LogP contribution in [0.5, 0.6) is 0 Å². The van der Waals surface area contributed by atoms with Crippen molar-refractivity contribution in [3.63, 3.8) is 0 Å².